The van der Waals surface area contributed by atoms with Crippen LogP contribution in [0.3, 0.4) is 0 Å². The summed E-state index contributed by atoms with van der Waals surface area (Å²) in [5, 5.41) is 8.76. The molecular weight excluding hydrogens is 246 g/mol. The predicted molar refractivity (Wildman–Crippen MR) is 63.4 cm³/mol. The summed E-state index contributed by atoms with van der Waals surface area (Å²) in [6, 6.07) is 7.84. The van der Waals surface area contributed by atoms with Crippen molar-refractivity contribution in [2.75, 3.05) is 0 Å². The number of hydrogen-bond acceptors (Lipinski definition) is 3. The van der Waals surface area contributed by atoms with E-state index in [1.807, 2.05) is 0 Å². The summed E-state index contributed by atoms with van der Waals surface area (Å²) >= 11 is 4.64. The molecule has 3 nitrogen and oxygen atoms in total. The van der Waals surface area contributed by atoms with E-state index in [-0.39, 0.29) is 16.3 Å². The first-order valence-corrected chi connectivity index (χ1v) is 4.91. The quantitative estimate of drug-likeness (QED) is 0.509. The fraction of sp³-hybridized carbons (Fsp3) is 0.0909. The summed E-state index contributed by atoms with van der Waals surface area (Å²) in [6.07, 6.45) is 1.31. The van der Waals surface area contributed by atoms with Crippen LogP contribution in [0.2, 0.25) is 0 Å². The van der Waals surface area contributed by atoms with Crippen LogP contribution in [-0.2, 0) is 0 Å². The van der Waals surface area contributed by atoms with Crippen molar-refractivity contribution in [1.82, 2.24) is 0 Å². The van der Waals surface area contributed by atoms with Gasteiger partial charge in [0.15, 0.2) is 0 Å². The summed E-state index contributed by atoms with van der Waals surface area (Å²) in [5.41, 5.74) is 5.65. The Balaban J connectivity index is 3.14. The molecule has 0 heterocycles. The number of nitrogens with two attached hydrogens (primary N) is 1. The van der Waals surface area contributed by atoms with E-state index in [1.165, 1.54) is 18.2 Å². The Bertz CT molecular complexity index is 494. The van der Waals surface area contributed by atoms with Gasteiger partial charge in [0.2, 0.25) is 0 Å². The molecule has 1 aromatic carbocycles. The van der Waals surface area contributed by atoms with E-state index in [9.17, 15) is 8.78 Å². The Kier molecular flexibility index (Phi) is 4.55. The maximum Gasteiger partial charge on any atom is 0.387 e. The molecule has 2 N–H and O–H groups in total. The molecule has 6 heteroatoms. The largest absolute Gasteiger partial charge is 0.434 e. The summed E-state index contributed by atoms with van der Waals surface area (Å²) in [5.74, 6) is -0.0356. The molecule has 0 aliphatic rings. The van der Waals surface area contributed by atoms with Crippen molar-refractivity contribution in [2.45, 2.75) is 6.61 Å². The van der Waals surface area contributed by atoms with E-state index in [4.69, 9.17) is 11.0 Å². The van der Waals surface area contributed by atoms with Gasteiger partial charge in [0.1, 0.15) is 16.8 Å². The van der Waals surface area contributed by atoms with E-state index < -0.39 is 6.61 Å². The molecule has 0 saturated carbocycles. The first-order chi connectivity index (χ1) is 8.04. The lowest BCUT2D eigenvalue weighted by Gasteiger charge is -2.07. The van der Waals surface area contributed by atoms with Gasteiger partial charge in [-0.25, -0.2) is 0 Å². The van der Waals surface area contributed by atoms with Crippen molar-refractivity contribution in [3.8, 4) is 11.8 Å². The number of alkyl halides is 2. The monoisotopic (exact) mass is 254 g/mol. The molecule has 0 aliphatic carbocycles. The van der Waals surface area contributed by atoms with E-state index >= 15 is 0 Å². The third-order valence-corrected chi connectivity index (χ3v) is 2.04. The maximum atomic E-state index is 12.1. The van der Waals surface area contributed by atoms with Gasteiger partial charge < -0.3 is 10.5 Å². The van der Waals surface area contributed by atoms with Crippen molar-refractivity contribution in [1.29, 1.82) is 5.26 Å². The standard InChI is InChI=1S/C11H8F2N2OS/c12-11(13)16-9-4-2-1-3-7(9)5-8(6-14)10(15)17/h1-5,11H,(H2,15,17). The molecule has 0 aliphatic heterocycles. The topological polar surface area (TPSA) is 59.0 Å². The summed E-state index contributed by atoms with van der Waals surface area (Å²) in [6.45, 7) is -2.93. The Morgan fingerprint density at radius 3 is 2.65 bits per heavy atom. The van der Waals surface area contributed by atoms with Gasteiger partial charge in [-0.2, -0.15) is 14.0 Å². The van der Waals surface area contributed by atoms with Crippen LogP contribution in [-0.4, -0.2) is 11.6 Å². The van der Waals surface area contributed by atoms with Crippen LogP contribution in [0.25, 0.3) is 6.08 Å². The minimum absolute atomic E-state index is 0.0327. The van der Waals surface area contributed by atoms with Gasteiger partial charge >= 0.3 is 6.61 Å². The number of halogens is 2. The summed E-state index contributed by atoms with van der Waals surface area (Å²) < 4.78 is 28.5. The molecule has 0 spiro atoms. The van der Waals surface area contributed by atoms with Crippen LogP contribution in [0.4, 0.5) is 8.78 Å². The summed E-state index contributed by atoms with van der Waals surface area (Å²) in [4.78, 5) is -0.0978. The SMILES string of the molecule is N#CC(=Cc1ccccc1OC(F)F)C(N)=S. The third-order valence-electron chi connectivity index (χ3n) is 1.82. The lowest BCUT2D eigenvalue weighted by Crippen LogP contribution is -2.10. The highest BCUT2D eigenvalue weighted by molar-refractivity contribution is 7.80. The average Bonchev–Trinajstić information content (AvgIpc) is 2.26. The van der Waals surface area contributed by atoms with Gasteiger partial charge in [-0.05, 0) is 12.1 Å². The van der Waals surface area contributed by atoms with Crippen molar-refractivity contribution in [3.63, 3.8) is 0 Å². The van der Waals surface area contributed by atoms with Gasteiger partial charge in [-0.15, -0.1) is 0 Å². The van der Waals surface area contributed by atoms with Crippen LogP contribution in [0.1, 0.15) is 5.56 Å². The second-order valence-electron chi connectivity index (χ2n) is 2.95. The fourth-order valence-electron chi connectivity index (χ4n) is 1.12. The second-order valence-corrected chi connectivity index (χ2v) is 3.39. The first kappa shape index (κ1) is 13.1. The van der Waals surface area contributed by atoms with Crippen LogP contribution in [0.15, 0.2) is 29.8 Å². The number of rotatable bonds is 4. The highest BCUT2D eigenvalue weighted by Crippen LogP contribution is 2.22. The Labute approximate surface area is 102 Å². The van der Waals surface area contributed by atoms with Crippen molar-refractivity contribution < 1.29 is 13.5 Å². The van der Waals surface area contributed by atoms with Gasteiger partial charge in [0.25, 0.3) is 0 Å². The van der Waals surface area contributed by atoms with Crippen LogP contribution >= 0.6 is 12.2 Å². The third kappa shape index (κ3) is 3.81. The molecule has 0 bridgehead atoms. The molecule has 0 saturated heterocycles. The molecule has 0 aromatic heterocycles. The molecule has 0 atom stereocenters. The Morgan fingerprint density at radius 2 is 2.12 bits per heavy atom. The van der Waals surface area contributed by atoms with Gasteiger partial charge in [0, 0.05) is 5.56 Å². The molecule has 0 fully saturated rings. The zero-order chi connectivity index (χ0) is 12.8. The average molecular weight is 254 g/mol. The molecule has 1 aromatic rings. The zero-order valence-electron chi connectivity index (χ0n) is 8.56. The highest BCUT2D eigenvalue weighted by Gasteiger charge is 2.09. The van der Waals surface area contributed by atoms with Crippen LogP contribution in [0.5, 0.6) is 5.75 Å². The number of nitriles is 1. The zero-order valence-corrected chi connectivity index (χ0v) is 9.38. The first-order valence-electron chi connectivity index (χ1n) is 4.50. The highest BCUT2D eigenvalue weighted by atomic mass is 32.1. The van der Waals surface area contributed by atoms with E-state index in [0.29, 0.717) is 5.56 Å². The molecule has 88 valence electrons. The van der Waals surface area contributed by atoms with Gasteiger partial charge in [-0.3, -0.25) is 0 Å². The number of para-hydroxylation sites is 1. The normalized spacial score (nSPS) is 11.1. The number of thiocarbonyl (C=S) groups is 1. The van der Waals surface area contributed by atoms with E-state index in [1.54, 1.807) is 18.2 Å². The Morgan fingerprint density at radius 1 is 1.47 bits per heavy atom. The molecule has 0 unspecified atom stereocenters. The smallest absolute Gasteiger partial charge is 0.387 e. The molecule has 0 radical (unpaired) electrons. The second kappa shape index (κ2) is 5.92. The molecular formula is C11H8F2N2OS. The Hall–Kier alpha value is -2.00. The van der Waals surface area contributed by atoms with Gasteiger partial charge in [-0.1, -0.05) is 30.4 Å². The lowest BCUT2D eigenvalue weighted by atomic mass is 10.1. The molecule has 0 amide bonds. The minimum Gasteiger partial charge on any atom is -0.434 e. The predicted octanol–water partition coefficient (Wildman–Crippen LogP) is 2.48. The number of benzene rings is 1. The van der Waals surface area contributed by atoms with Crippen molar-refractivity contribution in [3.05, 3.63) is 35.4 Å². The molecule has 1 rings (SSSR count). The van der Waals surface area contributed by atoms with Crippen molar-refractivity contribution >= 4 is 23.3 Å². The van der Waals surface area contributed by atoms with Crippen molar-refractivity contribution in [2.24, 2.45) is 5.73 Å². The number of ether oxygens (including phenoxy) is 1. The van der Waals surface area contributed by atoms with E-state index in [0.717, 1.165) is 0 Å². The number of hydrogen-bond donors (Lipinski definition) is 1. The molecule has 17 heavy (non-hydrogen) atoms. The summed E-state index contributed by atoms with van der Waals surface area (Å²) in [7, 11) is 0. The number of nitrogens with zero attached hydrogens (tertiary/aromatic N) is 1. The minimum atomic E-state index is -2.93. The van der Waals surface area contributed by atoms with Crippen LogP contribution < -0.4 is 10.5 Å². The van der Waals surface area contributed by atoms with E-state index in [2.05, 4.69) is 17.0 Å². The van der Waals surface area contributed by atoms with Gasteiger partial charge in [0.05, 0.1) is 5.57 Å². The van der Waals surface area contributed by atoms with Crippen LogP contribution in [0, 0.1) is 11.3 Å². The maximum absolute atomic E-state index is 12.1. The lowest BCUT2D eigenvalue weighted by molar-refractivity contribution is -0.0499. The fourth-order valence-corrected chi connectivity index (χ4v) is 1.22.